The highest BCUT2D eigenvalue weighted by molar-refractivity contribution is 8.01. The molecule has 0 spiro atoms. The second-order valence-corrected chi connectivity index (χ2v) is 6.66. The molecule has 4 nitrogen and oxygen atoms in total. The molecule has 1 aliphatic rings. The molecule has 0 aliphatic carbocycles. The first-order valence-electron chi connectivity index (χ1n) is 6.76. The number of para-hydroxylation sites is 1. The lowest BCUT2D eigenvalue weighted by Gasteiger charge is -2.21. The fraction of sp³-hybridized carbons (Fsp3) is 0.467. The molecule has 1 aliphatic heterocycles. The largest absolute Gasteiger partial charge is 0.480 e. The summed E-state index contributed by atoms with van der Waals surface area (Å²) in [5, 5.41) is 11.3. The van der Waals surface area contributed by atoms with Crippen LogP contribution < -0.4 is 5.32 Å². The Balaban J connectivity index is 2.12. The number of carboxylic acid groups (broad SMARTS) is 1. The molecule has 0 saturated heterocycles. The average molecular weight is 293 g/mol. The number of carbonyl (C=O) groups excluding carboxylic acids is 1. The number of nitrogens with one attached hydrogen (secondary N) is 1. The molecule has 108 valence electrons. The normalized spacial score (nSPS) is 19.9. The number of hydrogen-bond acceptors (Lipinski definition) is 3. The summed E-state index contributed by atoms with van der Waals surface area (Å²) < 4.78 is 0. The van der Waals surface area contributed by atoms with E-state index < -0.39 is 11.2 Å². The molecule has 0 aromatic heterocycles. The third kappa shape index (κ3) is 3.33. The molecule has 1 aromatic carbocycles. The zero-order chi connectivity index (χ0) is 14.7. The van der Waals surface area contributed by atoms with E-state index in [4.69, 9.17) is 0 Å². The summed E-state index contributed by atoms with van der Waals surface area (Å²) in [6.07, 6.45) is 1.46. The molecule has 0 radical (unpaired) electrons. The molecule has 2 atom stereocenters. The first-order chi connectivity index (χ1) is 9.49. The van der Waals surface area contributed by atoms with Crippen molar-refractivity contribution in [2.75, 3.05) is 5.32 Å². The van der Waals surface area contributed by atoms with Gasteiger partial charge in [0.2, 0.25) is 5.91 Å². The summed E-state index contributed by atoms with van der Waals surface area (Å²) in [5.41, 5.74) is 1.96. The van der Waals surface area contributed by atoms with Crippen LogP contribution in [-0.2, 0) is 16.0 Å². The average Bonchev–Trinajstić information content (AvgIpc) is 2.54. The molecule has 0 bridgehead atoms. The number of anilines is 1. The lowest BCUT2D eigenvalue weighted by molar-refractivity contribution is -0.137. The topological polar surface area (TPSA) is 66.4 Å². The first-order valence-corrected chi connectivity index (χ1v) is 7.70. The van der Waals surface area contributed by atoms with Crippen molar-refractivity contribution in [3.63, 3.8) is 0 Å². The molecule has 1 aromatic rings. The molecule has 0 saturated carbocycles. The smallest absolute Gasteiger partial charge is 0.316 e. The molecular weight excluding hydrogens is 274 g/mol. The van der Waals surface area contributed by atoms with E-state index in [1.54, 1.807) is 0 Å². The standard InChI is InChI=1S/C15H19NO3S/c1-9(2)13(15(18)19)20-12-8-7-10-5-3-4-6-11(10)16-14(12)17/h3-6,9,12-13H,7-8H2,1-2H3,(H,16,17)(H,18,19). The van der Waals surface area contributed by atoms with Gasteiger partial charge in [0.1, 0.15) is 5.25 Å². The van der Waals surface area contributed by atoms with Crippen molar-refractivity contribution >= 4 is 29.3 Å². The van der Waals surface area contributed by atoms with E-state index in [2.05, 4.69) is 5.32 Å². The first kappa shape index (κ1) is 14.9. The van der Waals surface area contributed by atoms with Crippen LogP contribution >= 0.6 is 11.8 Å². The maximum Gasteiger partial charge on any atom is 0.316 e. The minimum absolute atomic E-state index is 0.00377. The predicted molar refractivity (Wildman–Crippen MR) is 81.0 cm³/mol. The third-order valence-electron chi connectivity index (χ3n) is 3.40. The quantitative estimate of drug-likeness (QED) is 0.896. The fourth-order valence-corrected chi connectivity index (χ4v) is 3.52. The van der Waals surface area contributed by atoms with Crippen LogP contribution in [0.2, 0.25) is 0 Å². The summed E-state index contributed by atoms with van der Waals surface area (Å²) in [6.45, 7) is 3.74. The maximum atomic E-state index is 12.2. The number of benzene rings is 1. The summed E-state index contributed by atoms with van der Waals surface area (Å²) in [6, 6.07) is 7.73. The lowest BCUT2D eigenvalue weighted by atomic mass is 10.1. The minimum Gasteiger partial charge on any atom is -0.480 e. The van der Waals surface area contributed by atoms with E-state index in [1.807, 2.05) is 38.1 Å². The van der Waals surface area contributed by atoms with Gasteiger partial charge in [-0.3, -0.25) is 9.59 Å². The fourth-order valence-electron chi connectivity index (χ4n) is 2.30. The number of fused-ring (bicyclic) bond motifs is 1. The van der Waals surface area contributed by atoms with Crippen LogP contribution in [0.1, 0.15) is 25.8 Å². The van der Waals surface area contributed by atoms with Gasteiger partial charge in [0.25, 0.3) is 0 Å². The molecule has 20 heavy (non-hydrogen) atoms. The number of thioether (sulfide) groups is 1. The van der Waals surface area contributed by atoms with Gasteiger partial charge in [-0.05, 0) is 30.4 Å². The Hall–Kier alpha value is -1.49. The number of rotatable bonds is 4. The Labute approximate surface area is 123 Å². The van der Waals surface area contributed by atoms with E-state index in [0.29, 0.717) is 6.42 Å². The van der Waals surface area contributed by atoms with Crippen molar-refractivity contribution in [3.05, 3.63) is 29.8 Å². The second kappa shape index (κ2) is 6.31. The monoisotopic (exact) mass is 293 g/mol. The van der Waals surface area contributed by atoms with Crippen molar-refractivity contribution < 1.29 is 14.7 Å². The minimum atomic E-state index is -0.848. The van der Waals surface area contributed by atoms with Gasteiger partial charge < -0.3 is 10.4 Å². The van der Waals surface area contributed by atoms with Crippen LogP contribution in [-0.4, -0.2) is 27.5 Å². The third-order valence-corrected chi connectivity index (χ3v) is 5.22. The van der Waals surface area contributed by atoms with Crippen molar-refractivity contribution in [2.45, 2.75) is 37.2 Å². The Morgan fingerprint density at radius 3 is 2.75 bits per heavy atom. The SMILES string of the molecule is CC(C)C(SC1CCc2ccccc2NC1=O)C(=O)O. The number of amides is 1. The van der Waals surface area contributed by atoms with Crippen LogP contribution in [0, 0.1) is 5.92 Å². The van der Waals surface area contributed by atoms with Gasteiger partial charge in [-0.25, -0.2) is 0 Å². The van der Waals surface area contributed by atoms with Gasteiger partial charge in [0.15, 0.2) is 0 Å². The maximum absolute atomic E-state index is 12.2. The highest BCUT2D eigenvalue weighted by Gasteiger charge is 2.31. The van der Waals surface area contributed by atoms with E-state index in [1.165, 1.54) is 11.8 Å². The van der Waals surface area contributed by atoms with Crippen LogP contribution in [0.3, 0.4) is 0 Å². The number of carboxylic acids is 1. The molecule has 1 amide bonds. The lowest BCUT2D eigenvalue weighted by Crippen LogP contribution is -2.31. The van der Waals surface area contributed by atoms with Gasteiger partial charge >= 0.3 is 5.97 Å². The van der Waals surface area contributed by atoms with Gasteiger partial charge in [-0.1, -0.05) is 32.0 Å². The molecule has 0 fully saturated rings. The summed E-state index contributed by atoms with van der Waals surface area (Å²) in [4.78, 5) is 23.5. The Morgan fingerprint density at radius 2 is 2.10 bits per heavy atom. The molecule has 1 heterocycles. The predicted octanol–water partition coefficient (Wildman–Crippen LogP) is 2.78. The number of carbonyl (C=O) groups is 2. The van der Waals surface area contributed by atoms with E-state index in [0.717, 1.165) is 17.7 Å². The Kier molecular flexibility index (Phi) is 4.70. The molecule has 5 heteroatoms. The van der Waals surface area contributed by atoms with Crippen molar-refractivity contribution in [2.24, 2.45) is 5.92 Å². The van der Waals surface area contributed by atoms with Gasteiger partial charge in [-0.2, -0.15) is 0 Å². The zero-order valence-corrected chi connectivity index (χ0v) is 12.4. The summed E-state index contributed by atoms with van der Waals surface area (Å²) in [7, 11) is 0. The highest BCUT2D eigenvalue weighted by Crippen LogP contribution is 2.31. The van der Waals surface area contributed by atoms with E-state index >= 15 is 0 Å². The second-order valence-electron chi connectivity index (χ2n) is 5.31. The zero-order valence-electron chi connectivity index (χ0n) is 11.6. The molecule has 2 unspecified atom stereocenters. The Morgan fingerprint density at radius 1 is 1.40 bits per heavy atom. The molecule has 2 N–H and O–H groups in total. The Bertz CT molecular complexity index is 516. The highest BCUT2D eigenvalue weighted by atomic mass is 32.2. The number of aryl methyl sites for hydroxylation is 1. The van der Waals surface area contributed by atoms with Crippen LogP contribution in [0.25, 0.3) is 0 Å². The van der Waals surface area contributed by atoms with Crippen LogP contribution in [0.15, 0.2) is 24.3 Å². The van der Waals surface area contributed by atoms with Crippen LogP contribution in [0.5, 0.6) is 0 Å². The number of aliphatic carboxylic acids is 1. The summed E-state index contributed by atoms with van der Waals surface area (Å²) >= 11 is 1.26. The van der Waals surface area contributed by atoms with Gasteiger partial charge in [0, 0.05) is 5.69 Å². The van der Waals surface area contributed by atoms with Gasteiger partial charge in [-0.15, -0.1) is 11.8 Å². The molecular formula is C15H19NO3S. The number of hydrogen-bond donors (Lipinski definition) is 2. The molecule has 2 rings (SSSR count). The van der Waals surface area contributed by atoms with Crippen molar-refractivity contribution in [1.29, 1.82) is 0 Å². The van der Waals surface area contributed by atoms with Crippen molar-refractivity contribution in [1.82, 2.24) is 0 Å². The van der Waals surface area contributed by atoms with Crippen molar-refractivity contribution in [3.8, 4) is 0 Å². The van der Waals surface area contributed by atoms with E-state index in [9.17, 15) is 14.7 Å². The van der Waals surface area contributed by atoms with Crippen LogP contribution in [0.4, 0.5) is 5.69 Å². The van der Waals surface area contributed by atoms with Gasteiger partial charge in [0.05, 0.1) is 5.25 Å². The van der Waals surface area contributed by atoms with E-state index in [-0.39, 0.29) is 17.1 Å². The summed E-state index contributed by atoms with van der Waals surface area (Å²) in [5.74, 6) is -0.942.